The van der Waals surface area contributed by atoms with Crippen molar-refractivity contribution in [2.45, 2.75) is 17.5 Å². The Balaban J connectivity index is 1.57. The van der Waals surface area contributed by atoms with Crippen molar-refractivity contribution in [3.05, 3.63) is 88.1 Å². The maximum absolute atomic E-state index is 13.4. The third-order valence-electron chi connectivity index (χ3n) is 5.44. The molecule has 0 radical (unpaired) electrons. The van der Waals surface area contributed by atoms with E-state index in [1.807, 2.05) is 59.8 Å². The molecule has 1 aliphatic rings. The van der Waals surface area contributed by atoms with Crippen molar-refractivity contribution >= 4 is 27.3 Å². The van der Waals surface area contributed by atoms with E-state index in [0.717, 1.165) is 23.5 Å². The highest BCUT2D eigenvalue weighted by Crippen LogP contribution is 2.27. The average Bonchev–Trinajstić information content (AvgIpc) is 3.32. The van der Waals surface area contributed by atoms with Gasteiger partial charge in [0.25, 0.3) is 5.91 Å². The zero-order valence-corrected chi connectivity index (χ0v) is 18.9. The van der Waals surface area contributed by atoms with Crippen LogP contribution < -0.4 is 4.72 Å². The summed E-state index contributed by atoms with van der Waals surface area (Å²) in [7, 11) is -1.67. The largest absolute Gasteiger partial charge is 0.329 e. The molecule has 2 aromatic carbocycles. The summed E-state index contributed by atoms with van der Waals surface area (Å²) in [6.45, 7) is 2.32. The summed E-state index contributed by atoms with van der Waals surface area (Å²) in [4.78, 5) is 18.5. The summed E-state index contributed by atoms with van der Waals surface area (Å²) in [6.07, 6.45) is 0. The van der Waals surface area contributed by atoms with Gasteiger partial charge in [0.2, 0.25) is 10.0 Å². The van der Waals surface area contributed by atoms with Crippen molar-refractivity contribution in [1.82, 2.24) is 14.5 Å². The zero-order chi connectivity index (χ0) is 21.8. The summed E-state index contributed by atoms with van der Waals surface area (Å²) in [6, 6.07) is 19.9. The zero-order valence-electron chi connectivity index (χ0n) is 17.3. The molecule has 6 nitrogen and oxygen atoms in total. The van der Waals surface area contributed by atoms with E-state index in [1.165, 1.54) is 23.5 Å². The monoisotopic (exact) mass is 455 g/mol. The van der Waals surface area contributed by atoms with Gasteiger partial charge in [-0.2, -0.15) is 0 Å². The van der Waals surface area contributed by atoms with E-state index in [4.69, 9.17) is 0 Å². The second-order valence-corrected chi connectivity index (χ2v) is 10.4. The van der Waals surface area contributed by atoms with Crippen molar-refractivity contribution in [2.24, 2.45) is 0 Å². The van der Waals surface area contributed by atoms with Crippen molar-refractivity contribution in [3.8, 4) is 0 Å². The number of sulfonamides is 1. The quantitative estimate of drug-likeness (QED) is 0.619. The van der Waals surface area contributed by atoms with Gasteiger partial charge in [0.1, 0.15) is 0 Å². The first kappa shape index (κ1) is 21.7. The number of hydrogen-bond acceptors (Lipinski definition) is 5. The fourth-order valence-electron chi connectivity index (χ4n) is 3.75. The van der Waals surface area contributed by atoms with Crippen LogP contribution in [0.4, 0.5) is 0 Å². The molecule has 1 aliphatic heterocycles. The van der Waals surface area contributed by atoms with Gasteiger partial charge >= 0.3 is 0 Å². The van der Waals surface area contributed by atoms with Crippen LogP contribution in [0.2, 0.25) is 0 Å². The molecule has 31 heavy (non-hydrogen) atoms. The molecule has 0 spiro atoms. The van der Waals surface area contributed by atoms with Crippen LogP contribution in [0.15, 0.2) is 77.0 Å². The maximum atomic E-state index is 13.4. The van der Waals surface area contributed by atoms with Gasteiger partial charge < -0.3 is 9.80 Å². The highest BCUT2D eigenvalue weighted by atomic mass is 32.2. The van der Waals surface area contributed by atoms with Crippen LogP contribution in [0.25, 0.3) is 0 Å². The minimum atomic E-state index is -3.72. The second-order valence-electron chi connectivity index (χ2n) is 7.62. The molecule has 0 bridgehead atoms. The molecular formula is C23H25N3O3S2. The van der Waals surface area contributed by atoms with Crippen molar-refractivity contribution < 1.29 is 13.2 Å². The number of rotatable bonds is 6. The van der Waals surface area contributed by atoms with Gasteiger partial charge in [-0.3, -0.25) is 4.79 Å². The van der Waals surface area contributed by atoms with Crippen molar-refractivity contribution in [3.63, 3.8) is 0 Å². The molecule has 1 atom stereocenters. The lowest BCUT2D eigenvalue weighted by Gasteiger charge is -2.40. The van der Waals surface area contributed by atoms with Gasteiger partial charge in [0.15, 0.2) is 0 Å². The van der Waals surface area contributed by atoms with Gasteiger partial charge in [-0.15, -0.1) is 11.3 Å². The minimum Gasteiger partial charge on any atom is -0.329 e. The summed E-state index contributed by atoms with van der Waals surface area (Å²) in [5.41, 5.74) is 1.45. The number of amides is 1. The molecule has 1 saturated heterocycles. The van der Waals surface area contributed by atoms with Gasteiger partial charge in [0, 0.05) is 36.6 Å². The first-order valence-electron chi connectivity index (χ1n) is 10.1. The third kappa shape index (κ3) is 5.04. The Labute approximate surface area is 187 Å². The average molecular weight is 456 g/mol. The summed E-state index contributed by atoms with van der Waals surface area (Å²) in [5, 5.41) is 1.90. The van der Waals surface area contributed by atoms with Gasteiger partial charge in [-0.05, 0) is 42.3 Å². The molecule has 2 heterocycles. The molecule has 1 N–H and O–H groups in total. The topological polar surface area (TPSA) is 69.7 Å². The first-order chi connectivity index (χ1) is 14.9. The number of benzene rings is 2. The molecule has 1 unspecified atom stereocenters. The molecule has 4 rings (SSSR count). The van der Waals surface area contributed by atoms with Gasteiger partial charge in [-0.25, -0.2) is 13.1 Å². The molecular weight excluding hydrogens is 430 g/mol. The smallest absolute Gasteiger partial charge is 0.254 e. The minimum absolute atomic E-state index is 0.0790. The number of thiophene rings is 1. The van der Waals surface area contributed by atoms with E-state index in [9.17, 15) is 13.2 Å². The van der Waals surface area contributed by atoms with Crippen LogP contribution in [0.3, 0.4) is 0 Å². The fraction of sp³-hybridized carbons (Fsp3) is 0.261. The van der Waals surface area contributed by atoms with E-state index in [1.54, 1.807) is 12.1 Å². The lowest BCUT2D eigenvalue weighted by atomic mass is 10.0. The predicted octanol–water partition coefficient (Wildman–Crippen LogP) is 3.36. The van der Waals surface area contributed by atoms with Crippen LogP contribution in [-0.2, 0) is 16.6 Å². The lowest BCUT2D eigenvalue weighted by molar-refractivity contribution is 0.0498. The van der Waals surface area contributed by atoms with Gasteiger partial charge in [0.05, 0.1) is 10.9 Å². The Hall–Kier alpha value is -2.52. The van der Waals surface area contributed by atoms with E-state index < -0.39 is 10.0 Å². The molecule has 0 aliphatic carbocycles. The number of piperazine rings is 1. The molecule has 0 saturated carbocycles. The number of carbonyl (C=O) groups excluding carboxylic acids is 1. The predicted molar refractivity (Wildman–Crippen MR) is 123 cm³/mol. The van der Waals surface area contributed by atoms with Crippen molar-refractivity contribution in [2.75, 3.05) is 26.7 Å². The third-order valence-corrected chi connectivity index (χ3v) is 7.71. The Morgan fingerprint density at radius 1 is 1.06 bits per heavy atom. The van der Waals surface area contributed by atoms with Crippen molar-refractivity contribution in [1.29, 1.82) is 0 Å². The van der Waals surface area contributed by atoms with Gasteiger partial charge in [-0.1, -0.05) is 42.5 Å². The highest BCUT2D eigenvalue weighted by Gasteiger charge is 2.31. The lowest BCUT2D eigenvalue weighted by Crippen LogP contribution is -2.49. The van der Waals surface area contributed by atoms with Crippen LogP contribution in [0.5, 0.6) is 0 Å². The number of hydrogen-bond donors (Lipinski definition) is 1. The summed E-state index contributed by atoms with van der Waals surface area (Å²) < 4.78 is 28.2. The Bertz CT molecular complexity index is 1130. The van der Waals surface area contributed by atoms with E-state index in [0.29, 0.717) is 12.1 Å². The molecule has 1 amide bonds. The van der Waals surface area contributed by atoms with Crippen LogP contribution in [-0.4, -0.2) is 50.8 Å². The molecule has 1 aromatic heterocycles. The number of carbonyl (C=O) groups is 1. The second kappa shape index (κ2) is 9.32. The molecule has 162 valence electrons. The normalized spacial score (nSPS) is 17.6. The number of nitrogens with one attached hydrogen (secondary N) is 1. The maximum Gasteiger partial charge on any atom is 0.254 e. The van der Waals surface area contributed by atoms with Crippen LogP contribution >= 0.6 is 11.3 Å². The van der Waals surface area contributed by atoms with E-state index >= 15 is 0 Å². The van der Waals surface area contributed by atoms with Crippen LogP contribution in [0, 0.1) is 0 Å². The Morgan fingerprint density at radius 2 is 1.87 bits per heavy atom. The van der Waals surface area contributed by atoms with E-state index in [2.05, 4.69) is 9.62 Å². The Kier molecular flexibility index (Phi) is 6.52. The number of nitrogens with zero attached hydrogens (tertiary/aromatic N) is 2. The van der Waals surface area contributed by atoms with Crippen LogP contribution in [0.1, 0.15) is 26.8 Å². The summed E-state index contributed by atoms with van der Waals surface area (Å²) >= 11 is 1.49. The molecule has 1 fully saturated rings. The standard InChI is InChI=1S/C23H25N3O3S2/c1-25-12-13-26(22(17-25)18-7-3-2-4-8-18)23(27)19-9-5-11-21(15-19)31(28,29)24-16-20-10-6-14-30-20/h2-11,14-15,22,24H,12-13,16-17H2,1H3. The summed E-state index contributed by atoms with van der Waals surface area (Å²) in [5.74, 6) is -0.155. The molecule has 8 heteroatoms. The first-order valence-corrected chi connectivity index (χ1v) is 12.5. The molecule has 3 aromatic rings. The highest BCUT2D eigenvalue weighted by molar-refractivity contribution is 7.89. The fourth-order valence-corrected chi connectivity index (χ4v) is 5.54. The van der Waals surface area contributed by atoms with E-state index in [-0.39, 0.29) is 23.4 Å². The SMILES string of the molecule is CN1CCN(C(=O)c2cccc(S(=O)(=O)NCc3cccs3)c2)C(c2ccccc2)C1. The number of likely N-dealkylation sites (N-methyl/N-ethyl adjacent to an activating group) is 1. The Morgan fingerprint density at radius 3 is 2.61 bits per heavy atom.